The SMILES string of the molecule is Cc1[nH]c(=O)[nH]c1C(=O)CC=Cc1ccccc1. The summed E-state index contributed by atoms with van der Waals surface area (Å²) in [5, 5.41) is 0. The van der Waals surface area contributed by atoms with Crippen molar-refractivity contribution in [3.05, 3.63) is 63.8 Å². The first kappa shape index (κ1) is 12.1. The lowest BCUT2D eigenvalue weighted by atomic mass is 10.1. The highest BCUT2D eigenvalue weighted by Crippen LogP contribution is 2.06. The van der Waals surface area contributed by atoms with E-state index in [1.807, 2.05) is 36.4 Å². The van der Waals surface area contributed by atoms with E-state index < -0.39 is 0 Å². The fourth-order valence-electron chi connectivity index (χ4n) is 1.72. The van der Waals surface area contributed by atoms with Crippen LogP contribution in [-0.4, -0.2) is 15.8 Å². The van der Waals surface area contributed by atoms with Crippen LogP contribution in [0.25, 0.3) is 6.08 Å². The minimum Gasteiger partial charge on any atom is -0.310 e. The Morgan fingerprint density at radius 3 is 2.56 bits per heavy atom. The molecule has 1 heterocycles. The second-order valence-corrected chi connectivity index (χ2v) is 4.02. The summed E-state index contributed by atoms with van der Waals surface area (Å²) < 4.78 is 0. The first-order valence-electron chi connectivity index (χ1n) is 5.70. The third-order valence-corrected chi connectivity index (χ3v) is 2.61. The topological polar surface area (TPSA) is 65.7 Å². The lowest BCUT2D eigenvalue weighted by Gasteiger charge is -1.95. The molecule has 1 aromatic carbocycles. The van der Waals surface area contributed by atoms with Gasteiger partial charge in [0.1, 0.15) is 5.69 Å². The predicted molar refractivity (Wildman–Crippen MR) is 70.6 cm³/mol. The molecule has 4 nitrogen and oxygen atoms in total. The van der Waals surface area contributed by atoms with E-state index in [-0.39, 0.29) is 17.9 Å². The van der Waals surface area contributed by atoms with E-state index in [2.05, 4.69) is 9.97 Å². The number of ketones is 1. The summed E-state index contributed by atoms with van der Waals surface area (Å²) >= 11 is 0. The Kier molecular flexibility index (Phi) is 3.57. The average molecular weight is 242 g/mol. The number of carbonyl (C=O) groups excluding carboxylic acids is 1. The van der Waals surface area contributed by atoms with Crippen molar-refractivity contribution in [2.24, 2.45) is 0 Å². The van der Waals surface area contributed by atoms with Crippen molar-refractivity contribution in [2.45, 2.75) is 13.3 Å². The zero-order chi connectivity index (χ0) is 13.0. The number of aromatic amines is 2. The molecule has 2 aromatic rings. The number of carbonyl (C=O) groups is 1. The number of allylic oxidation sites excluding steroid dienone is 1. The van der Waals surface area contributed by atoms with Gasteiger partial charge >= 0.3 is 5.69 Å². The number of aryl methyl sites for hydroxylation is 1. The van der Waals surface area contributed by atoms with Crippen molar-refractivity contribution in [3.8, 4) is 0 Å². The van der Waals surface area contributed by atoms with Gasteiger partial charge in [-0.25, -0.2) is 4.79 Å². The van der Waals surface area contributed by atoms with E-state index in [4.69, 9.17) is 0 Å². The number of hydrogen-bond donors (Lipinski definition) is 2. The molecular formula is C14H14N2O2. The third kappa shape index (κ3) is 2.85. The molecule has 4 heteroatoms. The van der Waals surface area contributed by atoms with Crippen molar-refractivity contribution >= 4 is 11.9 Å². The van der Waals surface area contributed by atoms with Crippen LogP contribution in [0.4, 0.5) is 0 Å². The van der Waals surface area contributed by atoms with Crippen LogP contribution < -0.4 is 5.69 Å². The van der Waals surface area contributed by atoms with Crippen LogP contribution in [0.1, 0.15) is 28.2 Å². The van der Waals surface area contributed by atoms with E-state index in [1.165, 1.54) is 0 Å². The van der Waals surface area contributed by atoms with Gasteiger partial charge in [0.2, 0.25) is 0 Å². The molecule has 1 aromatic heterocycles. The summed E-state index contributed by atoms with van der Waals surface area (Å²) in [6.45, 7) is 1.70. The number of aromatic nitrogens is 2. The van der Waals surface area contributed by atoms with Crippen molar-refractivity contribution in [2.75, 3.05) is 0 Å². The Labute approximate surface area is 104 Å². The minimum atomic E-state index is -0.345. The third-order valence-electron chi connectivity index (χ3n) is 2.61. The predicted octanol–water partition coefficient (Wildman–Crippen LogP) is 2.30. The second kappa shape index (κ2) is 5.31. The van der Waals surface area contributed by atoms with Gasteiger partial charge in [-0.3, -0.25) is 4.79 Å². The summed E-state index contributed by atoms with van der Waals surface area (Å²) in [7, 11) is 0. The van der Waals surface area contributed by atoms with Gasteiger partial charge < -0.3 is 9.97 Å². The maximum Gasteiger partial charge on any atom is 0.323 e. The summed E-state index contributed by atoms with van der Waals surface area (Å²) in [6, 6.07) is 9.75. The lowest BCUT2D eigenvalue weighted by Crippen LogP contribution is -2.04. The number of hydrogen-bond acceptors (Lipinski definition) is 2. The zero-order valence-corrected chi connectivity index (χ0v) is 10.1. The number of imidazole rings is 1. The number of H-pyrrole nitrogens is 2. The van der Waals surface area contributed by atoms with Crippen molar-refractivity contribution in [1.29, 1.82) is 0 Å². The smallest absolute Gasteiger partial charge is 0.310 e. The molecule has 2 N–H and O–H groups in total. The Balaban J connectivity index is 2.03. The Morgan fingerprint density at radius 2 is 1.94 bits per heavy atom. The number of Topliss-reactive ketones (excluding diaryl/α,β-unsaturated/α-hetero) is 1. The summed E-state index contributed by atoms with van der Waals surface area (Å²) in [4.78, 5) is 27.9. The molecule has 0 aliphatic rings. The summed E-state index contributed by atoms with van der Waals surface area (Å²) in [5.41, 5.74) is 1.64. The van der Waals surface area contributed by atoms with Gasteiger partial charge in [-0.2, -0.15) is 0 Å². The highest BCUT2D eigenvalue weighted by molar-refractivity contribution is 5.96. The lowest BCUT2D eigenvalue weighted by molar-refractivity contribution is 0.0991. The number of rotatable bonds is 4. The monoisotopic (exact) mass is 242 g/mol. The molecule has 0 saturated heterocycles. The van der Waals surface area contributed by atoms with Crippen molar-refractivity contribution in [3.63, 3.8) is 0 Å². The molecule has 0 aliphatic carbocycles. The van der Waals surface area contributed by atoms with E-state index in [1.54, 1.807) is 13.0 Å². The van der Waals surface area contributed by atoms with E-state index in [0.29, 0.717) is 11.4 Å². The Hall–Kier alpha value is -2.36. The molecule has 2 rings (SSSR count). The van der Waals surface area contributed by atoms with Gasteiger partial charge in [0.25, 0.3) is 0 Å². The molecule has 0 amide bonds. The maximum absolute atomic E-state index is 11.8. The molecule has 0 aliphatic heterocycles. The van der Waals surface area contributed by atoms with Crippen LogP contribution in [-0.2, 0) is 0 Å². The van der Waals surface area contributed by atoms with Gasteiger partial charge in [0.15, 0.2) is 5.78 Å². The van der Waals surface area contributed by atoms with Crippen molar-refractivity contribution < 1.29 is 4.79 Å². The number of benzene rings is 1. The van der Waals surface area contributed by atoms with Crippen molar-refractivity contribution in [1.82, 2.24) is 9.97 Å². The highest BCUT2D eigenvalue weighted by atomic mass is 16.1. The summed E-state index contributed by atoms with van der Waals surface area (Å²) in [5.74, 6) is -0.0990. The van der Waals surface area contributed by atoms with E-state index in [9.17, 15) is 9.59 Å². The Bertz CT molecular complexity index is 621. The molecule has 92 valence electrons. The van der Waals surface area contributed by atoms with Crippen LogP contribution in [0.15, 0.2) is 41.2 Å². The van der Waals surface area contributed by atoms with Gasteiger partial charge in [-0.15, -0.1) is 0 Å². The molecule has 0 fully saturated rings. The molecule has 0 saturated carbocycles. The molecule has 0 unspecified atom stereocenters. The van der Waals surface area contributed by atoms with E-state index in [0.717, 1.165) is 5.56 Å². The molecule has 0 radical (unpaired) electrons. The Morgan fingerprint density at radius 1 is 1.22 bits per heavy atom. The van der Waals surface area contributed by atoms with Crippen LogP contribution in [0, 0.1) is 6.92 Å². The molecular weight excluding hydrogens is 228 g/mol. The fourth-order valence-corrected chi connectivity index (χ4v) is 1.72. The normalized spacial score (nSPS) is 10.9. The molecule has 18 heavy (non-hydrogen) atoms. The van der Waals surface area contributed by atoms with Gasteiger partial charge in [-0.05, 0) is 12.5 Å². The molecule has 0 bridgehead atoms. The number of nitrogens with one attached hydrogen (secondary N) is 2. The largest absolute Gasteiger partial charge is 0.323 e. The van der Waals surface area contributed by atoms with Crippen LogP contribution in [0.2, 0.25) is 0 Å². The van der Waals surface area contributed by atoms with Crippen LogP contribution in [0.5, 0.6) is 0 Å². The average Bonchev–Trinajstić information content (AvgIpc) is 2.70. The molecule has 0 spiro atoms. The maximum atomic E-state index is 11.8. The first-order valence-corrected chi connectivity index (χ1v) is 5.70. The van der Waals surface area contributed by atoms with Gasteiger partial charge in [-0.1, -0.05) is 42.5 Å². The van der Waals surface area contributed by atoms with E-state index >= 15 is 0 Å². The quantitative estimate of drug-likeness (QED) is 0.808. The van der Waals surface area contributed by atoms with Gasteiger partial charge in [0.05, 0.1) is 0 Å². The fraction of sp³-hybridized carbons (Fsp3) is 0.143. The molecule has 0 atom stereocenters. The minimum absolute atomic E-state index is 0.0990. The highest BCUT2D eigenvalue weighted by Gasteiger charge is 2.10. The first-order chi connectivity index (χ1) is 8.66. The summed E-state index contributed by atoms with van der Waals surface area (Å²) in [6.07, 6.45) is 3.95. The van der Waals surface area contributed by atoms with Crippen LogP contribution in [0.3, 0.4) is 0 Å². The van der Waals surface area contributed by atoms with Crippen LogP contribution >= 0.6 is 0 Å². The standard InChI is InChI=1S/C14H14N2O2/c1-10-13(16-14(18)15-10)12(17)9-5-8-11-6-3-2-4-7-11/h2-8H,9H2,1H3,(H2,15,16,18). The second-order valence-electron chi connectivity index (χ2n) is 4.02. The zero-order valence-electron chi connectivity index (χ0n) is 10.1. The van der Waals surface area contributed by atoms with Gasteiger partial charge in [0, 0.05) is 12.1 Å².